The van der Waals surface area contributed by atoms with E-state index in [9.17, 15) is 4.79 Å². The van der Waals surface area contributed by atoms with Gasteiger partial charge in [-0.05, 0) is 24.6 Å². The van der Waals surface area contributed by atoms with Gasteiger partial charge in [0.1, 0.15) is 11.7 Å². The SMILES string of the molecule is CN1CCC(n2ccnc2-c2ccnn2-c2ccccc2)C1=O. The topological polar surface area (TPSA) is 56.0 Å². The highest BCUT2D eigenvalue weighted by Gasteiger charge is 2.32. The van der Waals surface area contributed by atoms with Gasteiger partial charge in [-0.15, -0.1) is 0 Å². The maximum Gasteiger partial charge on any atom is 0.245 e. The van der Waals surface area contributed by atoms with E-state index in [1.165, 1.54) is 0 Å². The van der Waals surface area contributed by atoms with E-state index < -0.39 is 0 Å². The van der Waals surface area contributed by atoms with Crippen molar-refractivity contribution < 1.29 is 4.79 Å². The van der Waals surface area contributed by atoms with Crippen LogP contribution < -0.4 is 0 Å². The van der Waals surface area contributed by atoms with Gasteiger partial charge in [-0.1, -0.05) is 18.2 Å². The molecule has 3 heterocycles. The molecule has 0 bridgehead atoms. The predicted octanol–water partition coefficient (Wildman–Crippen LogP) is 2.14. The Labute approximate surface area is 134 Å². The summed E-state index contributed by atoms with van der Waals surface area (Å²) in [5, 5.41) is 4.41. The van der Waals surface area contributed by atoms with E-state index in [0.29, 0.717) is 0 Å². The molecule has 1 aromatic carbocycles. The summed E-state index contributed by atoms with van der Waals surface area (Å²) >= 11 is 0. The molecule has 0 spiro atoms. The Morgan fingerprint density at radius 1 is 1.13 bits per heavy atom. The van der Waals surface area contributed by atoms with E-state index in [-0.39, 0.29) is 11.9 Å². The van der Waals surface area contributed by atoms with Gasteiger partial charge in [0, 0.05) is 26.0 Å². The van der Waals surface area contributed by atoms with Crippen LogP contribution in [0.25, 0.3) is 17.2 Å². The first kappa shape index (κ1) is 13.8. The van der Waals surface area contributed by atoms with Crippen LogP contribution in [-0.2, 0) is 4.79 Å². The van der Waals surface area contributed by atoms with E-state index in [2.05, 4.69) is 10.1 Å². The third kappa shape index (κ3) is 2.23. The number of nitrogens with zero attached hydrogens (tertiary/aromatic N) is 5. The Kier molecular flexibility index (Phi) is 3.22. The number of carbonyl (C=O) groups is 1. The first-order chi connectivity index (χ1) is 11.3. The molecule has 6 heteroatoms. The van der Waals surface area contributed by atoms with Crippen molar-refractivity contribution >= 4 is 5.91 Å². The largest absolute Gasteiger partial charge is 0.344 e. The van der Waals surface area contributed by atoms with Crippen LogP contribution in [0.2, 0.25) is 0 Å². The molecule has 2 aromatic heterocycles. The lowest BCUT2D eigenvalue weighted by Crippen LogP contribution is -2.24. The quantitative estimate of drug-likeness (QED) is 0.745. The Bertz CT molecular complexity index is 836. The maximum atomic E-state index is 12.3. The molecule has 0 saturated carbocycles. The maximum absolute atomic E-state index is 12.3. The van der Waals surface area contributed by atoms with Crippen molar-refractivity contribution in [1.29, 1.82) is 0 Å². The molecule has 0 radical (unpaired) electrons. The molecular weight excluding hydrogens is 290 g/mol. The molecule has 1 atom stereocenters. The number of para-hydroxylation sites is 1. The zero-order valence-electron chi connectivity index (χ0n) is 12.8. The van der Waals surface area contributed by atoms with Gasteiger partial charge in [-0.2, -0.15) is 5.10 Å². The average molecular weight is 307 g/mol. The van der Waals surface area contributed by atoms with Gasteiger partial charge in [0.15, 0.2) is 5.82 Å². The standard InChI is InChI=1S/C17H17N5O/c1-20-11-8-15(17(20)23)21-12-10-18-16(21)14-7-9-19-22(14)13-5-3-2-4-6-13/h2-7,9-10,12,15H,8,11H2,1H3. The van der Waals surface area contributed by atoms with Crippen molar-refractivity contribution in [3.8, 4) is 17.2 Å². The molecule has 1 aliphatic rings. The molecule has 1 fully saturated rings. The van der Waals surface area contributed by atoms with Crippen molar-refractivity contribution in [1.82, 2.24) is 24.2 Å². The molecule has 1 amide bonds. The summed E-state index contributed by atoms with van der Waals surface area (Å²) < 4.78 is 3.81. The minimum Gasteiger partial charge on any atom is -0.344 e. The number of aromatic nitrogens is 4. The molecule has 1 saturated heterocycles. The summed E-state index contributed by atoms with van der Waals surface area (Å²) in [4.78, 5) is 18.6. The van der Waals surface area contributed by atoms with Crippen LogP contribution in [0.4, 0.5) is 0 Å². The van der Waals surface area contributed by atoms with Gasteiger partial charge in [-0.3, -0.25) is 4.79 Å². The third-order valence-corrected chi connectivity index (χ3v) is 4.28. The second kappa shape index (κ2) is 5.39. The Balaban J connectivity index is 1.78. The van der Waals surface area contributed by atoms with Gasteiger partial charge in [-0.25, -0.2) is 9.67 Å². The Morgan fingerprint density at radius 3 is 2.70 bits per heavy atom. The van der Waals surface area contributed by atoms with Crippen LogP contribution in [0.3, 0.4) is 0 Å². The van der Waals surface area contributed by atoms with Crippen molar-refractivity contribution in [2.45, 2.75) is 12.5 Å². The smallest absolute Gasteiger partial charge is 0.245 e. The number of carbonyl (C=O) groups excluding carboxylic acids is 1. The lowest BCUT2D eigenvalue weighted by atomic mass is 10.2. The van der Waals surface area contributed by atoms with Crippen LogP contribution in [0.1, 0.15) is 12.5 Å². The van der Waals surface area contributed by atoms with Crippen molar-refractivity contribution in [2.75, 3.05) is 13.6 Å². The van der Waals surface area contributed by atoms with Gasteiger partial charge in [0.2, 0.25) is 5.91 Å². The average Bonchev–Trinajstić information content (AvgIpc) is 3.29. The van der Waals surface area contributed by atoms with Crippen LogP contribution in [0.15, 0.2) is 55.0 Å². The molecule has 6 nitrogen and oxygen atoms in total. The number of benzene rings is 1. The molecule has 0 aliphatic carbocycles. The Morgan fingerprint density at radius 2 is 1.96 bits per heavy atom. The molecular formula is C17H17N5O. The van der Waals surface area contributed by atoms with Crippen LogP contribution in [0, 0.1) is 0 Å². The molecule has 116 valence electrons. The summed E-state index contributed by atoms with van der Waals surface area (Å²) in [6.45, 7) is 0.777. The zero-order valence-corrected chi connectivity index (χ0v) is 12.8. The second-order valence-electron chi connectivity index (χ2n) is 5.69. The van der Waals surface area contributed by atoms with E-state index in [1.54, 1.807) is 17.3 Å². The van der Waals surface area contributed by atoms with Crippen molar-refractivity contribution in [2.24, 2.45) is 0 Å². The molecule has 1 unspecified atom stereocenters. The van der Waals surface area contributed by atoms with Crippen molar-refractivity contribution in [3.05, 3.63) is 55.0 Å². The first-order valence-corrected chi connectivity index (χ1v) is 7.63. The highest BCUT2D eigenvalue weighted by Crippen LogP contribution is 2.28. The highest BCUT2D eigenvalue weighted by atomic mass is 16.2. The summed E-state index contributed by atoms with van der Waals surface area (Å²) in [6.07, 6.45) is 6.17. The highest BCUT2D eigenvalue weighted by molar-refractivity contribution is 5.82. The van der Waals surface area contributed by atoms with E-state index in [0.717, 1.165) is 30.2 Å². The minimum absolute atomic E-state index is 0.134. The molecule has 3 aromatic rings. The van der Waals surface area contributed by atoms with Crippen LogP contribution >= 0.6 is 0 Å². The number of likely N-dealkylation sites (tertiary alicyclic amines) is 1. The monoisotopic (exact) mass is 307 g/mol. The number of rotatable bonds is 3. The number of hydrogen-bond acceptors (Lipinski definition) is 3. The molecule has 0 N–H and O–H groups in total. The van der Waals surface area contributed by atoms with Crippen LogP contribution in [-0.4, -0.2) is 43.7 Å². The Hall–Kier alpha value is -2.89. The number of likely N-dealkylation sites (N-methyl/N-ethyl adjacent to an activating group) is 1. The van der Waals surface area contributed by atoms with Crippen molar-refractivity contribution in [3.63, 3.8) is 0 Å². The minimum atomic E-state index is -0.184. The third-order valence-electron chi connectivity index (χ3n) is 4.28. The summed E-state index contributed by atoms with van der Waals surface area (Å²) in [7, 11) is 1.84. The lowest BCUT2D eigenvalue weighted by molar-refractivity contribution is -0.129. The zero-order chi connectivity index (χ0) is 15.8. The molecule has 23 heavy (non-hydrogen) atoms. The molecule has 4 rings (SSSR count). The summed E-state index contributed by atoms with van der Waals surface area (Å²) in [6, 6.07) is 11.7. The summed E-state index contributed by atoms with van der Waals surface area (Å²) in [5.74, 6) is 0.898. The van der Waals surface area contributed by atoms with E-state index >= 15 is 0 Å². The number of hydrogen-bond donors (Lipinski definition) is 0. The second-order valence-corrected chi connectivity index (χ2v) is 5.69. The van der Waals surface area contributed by atoms with E-state index in [1.807, 2.05) is 58.9 Å². The predicted molar refractivity (Wildman–Crippen MR) is 86.1 cm³/mol. The lowest BCUT2D eigenvalue weighted by Gasteiger charge is -2.15. The molecule has 1 aliphatic heterocycles. The fraction of sp³-hybridized carbons (Fsp3) is 0.235. The van der Waals surface area contributed by atoms with Gasteiger partial charge >= 0.3 is 0 Å². The van der Waals surface area contributed by atoms with Gasteiger partial charge < -0.3 is 9.47 Å². The number of imidazole rings is 1. The van der Waals surface area contributed by atoms with E-state index in [4.69, 9.17) is 0 Å². The fourth-order valence-electron chi connectivity index (χ4n) is 3.07. The van der Waals surface area contributed by atoms with Gasteiger partial charge in [0.05, 0.1) is 11.9 Å². The summed E-state index contributed by atoms with van der Waals surface area (Å²) in [5.41, 5.74) is 1.85. The number of amides is 1. The van der Waals surface area contributed by atoms with Gasteiger partial charge in [0.25, 0.3) is 0 Å². The van der Waals surface area contributed by atoms with Crippen LogP contribution in [0.5, 0.6) is 0 Å². The normalized spacial score (nSPS) is 17.9. The fourth-order valence-corrected chi connectivity index (χ4v) is 3.07. The first-order valence-electron chi connectivity index (χ1n) is 7.63.